The average molecular weight is 400 g/mol. The molecule has 0 saturated carbocycles. The summed E-state index contributed by atoms with van der Waals surface area (Å²) in [7, 11) is 1.64. The monoisotopic (exact) mass is 400 g/mol. The van der Waals surface area contributed by atoms with Crippen LogP contribution in [-0.4, -0.2) is 60.2 Å². The normalized spacial score (nSPS) is 14.8. The molecule has 2 heterocycles. The second-order valence-electron chi connectivity index (χ2n) is 7.55. The zero-order valence-electron chi connectivity index (χ0n) is 17.4. The van der Waals surface area contributed by atoms with Gasteiger partial charge in [0.1, 0.15) is 5.82 Å². The summed E-state index contributed by atoms with van der Waals surface area (Å²) in [6, 6.07) is 8.25. The Balaban J connectivity index is 1.64. The van der Waals surface area contributed by atoms with Crippen molar-refractivity contribution in [3.05, 3.63) is 53.1 Å². The smallest absolute Gasteiger partial charge is 0.227 e. The van der Waals surface area contributed by atoms with Gasteiger partial charge in [-0.1, -0.05) is 12.1 Å². The molecule has 1 amide bonds. The lowest BCUT2D eigenvalue weighted by Gasteiger charge is -2.38. The fourth-order valence-electron chi connectivity index (χ4n) is 3.81. The predicted octanol–water partition coefficient (Wildman–Crippen LogP) is 2.92. The predicted molar refractivity (Wildman–Crippen MR) is 110 cm³/mol. The number of hydrogen-bond donors (Lipinski definition) is 0. The molecule has 1 aromatic carbocycles. The largest absolute Gasteiger partial charge is 0.383 e. The molecule has 0 spiro atoms. The van der Waals surface area contributed by atoms with Crippen molar-refractivity contribution >= 4 is 11.9 Å². The van der Waals surface area contributed by atoms with Crippen molar-refractivity contribution in [2.24, 2.45) is 0 Å². The fourth-order valence-corrected chi connectivity index (χ4v) is 3.81. The quantitative estimate of drug-likeness (QED) is 0.715. The van der Waals surface area contributed by atoms with E-state index in [0.717, 1.165) is 48.8 Å². The summed E-state index contributed by atoms with van der Waals surface area (Å²) in [5, 5.41) is 0. The van der Waals surface area contributed by atoms with Crippen LogP contribution in [0.1, 0.15) is 29.8 Å². The molecule has 29 heavy (non-hydrogen) atoms. The third kappa shape index (κ3) is 5.73. The number of nitrogens with zero attached hydrogens (tertiary/aromatic N) is 4. The molecule has 2 aromatic rings. The molecule has 0 N–H and O–H groups in total. The number of carbonyl (C=O) groups excluding carboxylic acids is 1. The third-order valence-electron chi connectivity index (χ3n) is 5.28. The van der Waals surface area contributed by atoms with E-state index in [1.807, 2.05) is 24.8 Å². The number of piperidine rings is 1. The van der Waals surface area contributed by atoms with E-state index in [0.29, 0.717) is 13.2 Å². The Bertz CT molecular complexity index is 800. The number of hydrogen-bond acceptors (Lipinski definition) is 5. The van der Waals surface area contributed by atoms with Crippen molar-refractivity contribution in [3.63, 3.8) is 0 Å². The van der Waals surface area contributed by atoms with Crippen molar-refractivity contribution in [3.8, 4) is 0 Å². The van der Waals surface area contributed by atoms with E-state index in [4.69, 9.17) is 4.74 Å². The van der Waals surface area contributed by atoms with Gasteiger partial charge in [0.05, 0.1) is 13.0 Å². The van der Waals surface area contributed by atoms with Crippen LogP contribution < -0.4 is 4.90 Å². The van der Waals surface area contributed by atoms with Crippen molar-refractivity contribution in [1.29, 1.82) is 0 Å². The topological polar surface area (TPSA) is 58.6 Å². The first-order valence-electron chi connectivity index (χ1n) is 10.1. The molecule has 6 nitrogen and oxygen atoms in total. The minimum Gasteiger partial charge on any atom is -0.383 e. The average Bonchev–Trinajstić information content (AvgIpc) is 2.70. The van der Waals surface area contributed by atoms with Gasteiger partial charge in [-0.25, -0.2) is 14.4 Å². The zero-order chi connectivity index (χ0) is 20.8. The van der Waals surface area contributed by atoms with Crippen LogP contribution in [0.4, 0.5) is 10.3 Å². The number of ether oxygens (including phenoxy) is 1. The molecule has 7 heteroatoms. The van der Waals surface area contributed by atoms with Crippen molar-refractivity contribution in [1.82, 2.24) is 14.9 Å². The van der Waals surface area contributed by atoms with E-state index in [1.165, 1.54) is 12.1 Å². The van der Waals surface area contributed by atoms with Gasteiger partial charge in [-0.3, -0.25) is 4.79 Å². The summed E-state index contributed by atoms with van der Waals surface area (Å²) >= 11 is 0. The second-order valence-corrected chi connectivity index (χ2v) is 7.55. The van der Waals surface area contributed by atoms with Gasteiger partial charge in [-0.2, -0.15) is 0 Å². The fraction of sp³-hybridized carbons (Fsp3) is 0.500. The highest BCUT2D eigenvalue weighted by Crippen LogP contribution is 2.21. The first-order valence-corrected chi connectivity index (χ1v) is 10.1. The van der Waals surface area contributed by atoms with E-state index in [9.17, 15) is 9.18 Å². The number of aromatic nitrogens is 2. The molecule has 0 atom stereocenters. The maximum atomic E-state index is 13.1. The van der Waals surface area contributed by atoms with Gasteiger partial charge >= 0.3 is 0 Å². The van der Waals surface area contributed by atoms with Gasteiger partial charge in [-0.05, 0) is 50.5 Å². The van der Waals surface area contributed by atoms with Gasteiger partial charge < -0.3 is 14.5 Å². The van der Waals surface area contributed by atoms with Crippen molar-refractivity contribution in [2.75, 3.05) is 38.3 Å². The Labute approximate surface area is 171 Å². The zero-order valence-corrected chi connectivity index (χ0v) is 17.4. The molecule has 1 aromatic heterocycles. The second kappa shape index (κ2) is 9.78. The highest BCUT2D eigenvalue weighted by molar-refractivity contribution is 5.79. The molecule has 3 rings (SSSR count). The molecule has 0 bridgehead atoms. The summed E-state index contributed by atoms with van der Waals surface area (Å²) in [5.74, 6) is 0.523. The number of carbonyl (C=O) groups is 1. The van der Waals surface area contributed by atoms with Gasteiger partial charge in [0.25, 0.3) is 0 Å². The van der Waals surface area contributed by atoms with Crippen LogP contribution in [0.3, 0.4) is 0 Å². The standard InChI is InChI=1S/C22H29FN4O2/c1-16-14-17(2)25-22(24-16)26-10-8-20(9-11-26)27(12-13-29-3)21(28)15-18-4-6-19(23)7-5-18/h4-7,14,20H,8-13,15H2,1-3H3. The maximum absolute atomic E-state index is 13.1. The molecule has 0 aliphatic carbocycles. The molecule has 0 unspecified atom stereocenters. The first kappa shape index (κ1) is 21.2. The Morgan fingerprint density at radius 2 is 1.79 bits per heavy atom. The van der Waals surface area contributed by atoms with Crippen molar-refractivity contribution in [2.45, 2.75) is 39.2 Å². The number of amides is 1. The van der Waals surface area contributed by atoms with Crippen LogP contribution >= 0.6 is 0 Å². The van der Waals surface area contributed by atoms with Crippen LogP contribution in [0.2, 0.25) is 0 Å². The number of methoxy groups -OCH3 is 1. The Kier molecular flexibility index (Phi) is 7.14. The number of rotatable bonds is 7. The lowest BCUT2D eigenvalue weighted by molar-refractivity contribution is -0.134. The SMILES string of the molecule is COCCN(C(=O)Cc1ccc(F)cc1)C1CCN(c2nc(C)cc(C)n2)CC1. The highest BCUT2D eigenvalue weighted by atomic mass is 19.1. The van der Waals surface area contributed by atoms with E-state index < -0.39 is 0 Å². The van der Waals surface area contributed by atoms with E-state index >= 15 is 0 Å². The van der Waals surface area contributed by atoms with Gasteiger partial charge in [0.2, 0.25) is 11.9 Å². The molecule has 1 fully saturated rings. The summed E-state index contributed by atoms with van der Waals surface area (Å²) in [4.78, 5) is 26.2. The minimum absolute atomic E-state index is 0.0507. The minimum atomic E-state index is -0.293. The third-order valence-corrected chi connectivity index (χ3v) is 5.28. The highest BCUT2D eigenvalue weighted by Gasteiger charge is 2.28. The molecule has 1 aliphatic rings. The first-order chi connectivity index (χ1) is 14.0. The molecular formula is C22H29FN4O2. The lowest BCUT2D eigenvalue weighted by atomic mass is 10.0. The van der Waals surface area contributed by atoms with E-state index in [2.05, 4.69) is 14.9 Å². The van der Waals surface area contributed by atoms with E-state index in [-0.39, 0.29) is 24.2 Å². The molecule has 1 saturated heterocycles. The summed E-state index contributed by atoms with van der Waals surface area (Å²) < 4.78 is 18.4. The number of anilines is 1. The van der Waals surface area contributed by atoms with Gasteiger partial charge in [0.15, 0.2) is 0 Å². The van der Waals surface area contributed by atoms with Crippen LogP contribution in [-0.2, 0) is 16.0 Å². The maximum Gasteiger partial charge on any atom is 0.227 e. The summed E-state index contributed by atoms with van der Waals surface area (Å²) in [6.45, 7) is 6.62. The Hall–Kier alpha value is -2.54. The van der Waals surface area contributed by atoms with Crippen LogP contribution in [0.5, 0.6) is 0 Å². The number of benzene rings is 1. The van der Waals surface area contributed by atoms with Crippen LogP contribution in [0.15, 0.2) is 30.3 Å². The lowest BCUT2D eigenvalue weighted by Crippen LogP contribution is -2.49. The molecule has 156 valence electrons. The van der Waals surface area contributed by atoms with Crippen LogP contribution in [0.25, 0.3) is 0 Å². The van der Waals surface area contributed by atoms with Gasteiger partial charge in [-0.15, -0.1) is 0 Å². The number of aryl methyl sites for hydroxylation is 2. The van der Waals surface area contributed by atoms with E-state index in [1.54, 1.807) is 19.2 Å². The van der Waals surface area contributed by atoms with Crippen molar-refractivity contribution < 1.29 is 13.9 Å². The van der Waals surface area contributed by atoms with Crippen LogP contribution in [0, 0.1) is 19.7 Å². The molecule has 1 aliphatic heterocycles. The number of halogens is 1. The Morgan fingerprint density at radius 3 is 2.38 bits per heavy atom. The van der Waals surface area contributed by atoms with Gasteiger partial charge in [0, 0.05) is 44.2 Å². The summed E-state index contributed by atoms with van der Waals surface area (Å²) in [5.41, 5.74) is 2.75. The molecular weight excluding hydrogens is 371 g/mol. The Morgan fingerprint density at radius 1 is 1.17 bits per heavy atom. The summed E-state index contributed by atoms with van der Waals surface area (Å²) in [6.07, 6.45) is 1.98. The molecule has 0 radical (unpaired) electrons.